The van der Waals surface area contributed by atoms with Crippen molar-refractivity contribution < 1.29 is 13.6 Å². The molecule has 24 heavy (non-hydrogen) atoms. The van der Waals surface area contributed by atoms with Gasteiger partial charge in [-0.1, -0.05) is 6.08 Å². The first-order chi connectivity index (χ1) is 11.5. The molecule has 3 heterocycles. The van der Waals surface area contributed by atoms with E-state index < -0.39 is 6.55 Å². The van der Waals surface area contributed by atoms with Gasteiger partial charge in [-0.15, -0.1) is 0 Å². The van der Waals surface area contributed by atoms with Crippen LogP contribution in [0.5, 0.6) is 0 Å². The van der Waals surface area contributed by atoms with Crippen LogP contribution in [-0.4, -0.2) is 15.5 Å². The minimum absolute atomic E-state index is 0.238. The molecule has 2 aromatic rings. The number of alkyl halides is 2. The van der Waals surface area contributed by atoms with Crippen LogP contribution in [0.2, 0.25) is 0 Å². The Bertz CT molecular complexity index is 798. The quantitative estimate of drug-likeness (QED) is 0.837. The average Bonchev–Trinajstić information content (AvgIpc) is 2.97. The average molecular weight is 332 g/mol. The Morgan fingerprint density at radius 3 is 2.96 bits per heavy atom. The number of amides is 1. The first-order valence-electron chi connectivity index (χ1n) is 7.66. The molecule has 0 fully saturated rings. The maximum absolute atomic E-state index is 13.4. The number of hydrogen-bond donors (Lipinski definition) is 2. The van der Waals surface area contributed by atoms with Gasteiger partial charge in [0.2, 0.25) is 0 Å². The Labute approximate surface area is 138 Å². The van der Waals surface area contributed by atoms with Crippen LogP contribution in [0.4, 0.5) is 14.5 Å². The van der Waals surface area contributed by atoms with Gasteiger partial charge < -0.3 is 11.1 Å². The van der Waals surface area contributed by atoms with E-state index in [0.29, 0.717) is 35.4 Å². The highest BCUT2D eigenvalue weighted by Gasteiger charge is 2.20. The van der Waals surface area contributed by atoms with E-state index in [1.54, 1.807) is 31.3 Å². The number of aromatic nitrogens is 2. The fourth-order valence-electron chi connectivity index (χ4n) is 2.75. The number of nitrogens with one attached hydrogen (secondary N) is 1. The summed E-state index contributed by atoms with van der Waals surface area (Å²) in [6.45, 7) is -1.03. The second kappa shape index (κ2) is 6.52. The van der Waals surface area contributed by atoms with Crippen molar-refractivity contribution in [1.82, 2.24) is 9.55 Å². The van der Waals surface area contributed by atoms with Gasteiger partial charge in [0, 0.05) is 29.6 Å². The third kappa shape index (κ3) is 3.07. The van der Waals surface area contributed by atoms with Gasteiger partial charge in [0.1, 0.15) is 0 Å². The van der Waals surface area contributed by atoms with Crippen molar-refractivity contribution in [3.05, 3.63) is 47.9 Å². The van der Waals surface area contributed by atoms with Gasteiger partial charge in [-0.2, -0.15) is 8.78 Å². The number of anilines is 1. The molecule has 3 N–H and O–H groups in total. The lowest BCUT2D eigenvalue weighted by molar-refractivity contribution is -0.112. The highest BCUT2D eigenvalue weighted by Crippen LogP contribution is 2.34. The second-order valence-corrected chi connectivity index (χ2v) is 5.76. The van der Waals surface area contributed by atoms with Crippen LogP contribution in [0, 0.1) is 0 Å². The number of rotatable bonds is 1. The van der Waals surface area contributed by atoms with Crippen molar-refractivity contribution in [1.29, 1.82) is 0 Å². The van der Waals surface area contributed by atoms with E-state index in [9.17, 15) is 13.6 Å². The van der Waals surface area contributed by atoms with Gasteiger partial charge in [-0.3, -0.25) is 14.3 Å². The lowest BCUT2D eigenvalue weighted by Crippen LogP contribution is -2.16. The summed E-state index contributed by atoms with van der Waals surface area (Å²) >= 11 is 0. The second-order valence-electron chi connectivity index (χ2n) is 5.76. The molecule has 0 aliphatic carbocycles. The molecule has 1 amide bonds. The van der Waals surface area contributed by atoms with Gasteiger partial charge in [0.25, 0.3) is 5.91 Å². The largest absolute Gasteiger partial charge is 0.323 e. The van der Waals surface area contributed by atoms with Crippen LogP contribution in [0.3, 0.4) is 0 Å². The summed E-state index contributed by atoms with van der Waals surface area (Å²) < 4.78 is 27.5. The van der Waals surface area contributed by atoms with E-state index in [2.05, 4.69) is 10.3 Å². The lowest BCUT2D eigenvalue weighted by Gasteiger charge is -2.16. The summed E-state index contributed by atoms with van der Waals surface area (Å²) in [6, 6.07) is 4.48. The molecule has 1 atom stereocenters. The number of carbonyl (C=O) groups is 1. The zero-order chi connectivity index (χ0) is 17.3. The number of nitrogens with two attached hydrogens (primary N) is 1. The maximum atomic E-state index is 13.4. The molecule has 0 aromatic carbocycles. The summed E-state index contributed by atoms with van der Waals surface area (Å²) in [7, 11) is 0. The Morgan fingerprint density at radius 2 is 2.21 bits per heavy atom. The van der Waals surface area contributed by atoms with E-state index in [1.807, 2.05) is 0 Å². The molecular weight excluding hydrogens is 314 g/mol. The third-order valence-electron chi connectivity index (χ3n) is 4.09. The zero-order valence-corrected chi connectivity index (χ0v) is 13.2. The van der Waals surface area contributed by atoms with Crippen molar-refractivity contribution in [3.8, 4) is 11.3 Å². The minimum Gasteiger partial charge on any atom is -0.323 e. The molecule has 2 aromatic heterocycles. The number of carbonyl (C=O) groups excluding carboxylic acids is 1. The smallest absolute Gasteiger partial charge is 0.319 e. The third-order valence-corrected chi connectivity index (χ3v) is 4.09. The Morgan fingerprint density at radius 1 is 1.42 bits per heavy atom. The van der Waals surface area contributed by atoms with Gasteiger partial charge in [-0.05, 0) is 38.0 Å². The summed E-state index contributed by atoms with van der Waals surface area (Å²) in [5.41, 5.74) is 8.42. The van der Waals surface area contributed by atoms with E-state index in [-0.39, 0.29) is 17.6 Å². The normalized spacial score (nSPS) is 20.5. The number of halogens is 2. The summed E-state index contributed by atoms with van der Waals surface area (Å²) in [6.07, 6.45) is 5.85. The lowest BCUT2D eigenvalue weighted by atomic mass is 10.0. The molecule has 1 aliphatic heterocycles. The highest BCUT2D eigenvalue weighted by atomic mass is 19.3. The molecule has 0 saturated heterocycles. The Kier molecular flexibility index (Phi) is 4.44. The fourth-order valence-corrected chi connectivity index (χ4v) is 2.75. The first kappa shape index (κ1) is 16.3. The molecule has 0 spiro atoms. The number of hydrogen-bond acceptors (Lipinski definition) is 3. The number of fused-ring (bicyclic) bond motifs is 4. The maximum Gasteiger partial charge on any atom is 0.319 e. The molecule has 0 saturated carbocycles. The van der Waals surface area contributed by atoms with Crippen LogP contribution in [-0.2, 0) is 4.79 Å². The van der Waals surface area contributed by atoms with Crippen molar-refractivity contribution >= 4 is 11.6 Å². The van der Waals surface area contributed by atoms with Gasteiger partial charge >= 0.3 is 6.55 Å². The van der Waals surface area contributed by atoms with Gasteiger partial charge in [-0.25, -0.2) is 0 Å². The van der Waals surface area contributed by atoms with Crippen molar-refractivity contribution in [2.75, 3.05) is 5.32 Å². The number of nitrogens with zero attached hydrogens (tertiary/aromatic N) is 2. The fraction of sp³-hybridized carbons (Fsp3) is 0.294. The van der Waals surface area contributed by atoms with E-state index >= 15 is 0 Å². The van der Waals surface area contributed by atoms with Gasteiger partial charge in [0.05, 0.1) is 17.1 Å². The molecule has 126 valence electrons. The molecule has 5 nitrogen and oxygen atoms in total. The van der Waals surface area contributed by atoms with Crippen LogP contribution in [0.15, 0.2) is 42.2 Å². The topological polar surface area (TPSA) is 72.9 Å². The molecule has 3 rings (SSSR count). The summed E-state index contributed by atoms with van der Waals surface area (Å²) in [5, 5.41) is 2.71. The van der Waals surface area contributed by atoms with Crippen molar-refractivity contribution in [2.24, 2.45) is 5.73 Å². The van der Waals surface area contributed by atoms with Gasteiger partial charge in [0.15, 0.2) is 0 Å². The van der Waals surface area contributed by atoms with Crippen LogP contribution >= 0.6 is 0 Å². The highest BCUT2D eigenvalue weighted by molar-refractivity contribution is 6.05. The molecule has 2 bridgehead atoms. The van der Waals surface area contributed by atoms with E-state index in [4.69, 9.17) is 5.73 Å². The zero-order valence-electron chi connectivity index (χ0n) is 13.2. The summed E-state index contributed by atoms with van der Waals surface area (Å²) in [4.78, 5) is 16.5. The summed E-state index contributed by atoms with van der Waals surface area (Å²) in [5.74, 6) is -0.313. The Balaban J connectivity index is 2.19. The molecule has 1 aliphatic rings. The minimum atomic E-state index is -2.72. The molecule has 0 radical (unpaired) electrons. The predicted molar refractivity (Wildman–Crippen MR) is 87.5 cm³/mol. The Hall–Kier alpha value is -2.54. The standard InChI is InChI=1S/C17H18F2N4O/c1-10-3-2-4-12(20)14-9-11(5-7-21-14)15-13(22-16(10)24)6-8-23(15)17(18)19/h3,5-9,12,17H,2,4,20H2,1H3,(H,22,24)/b10-3-/t12-/m0/s1. The van der Waals surface area contributed by atoms with Crippen LogP contribution in [0.25, 0.3) is 11.3 Å². The number of allylic oxidation sites excluding steroid dienone is 1. The first-order valence-corrected chi connectivity index (χ1v) is 7.66. The van der Waals surface area contributed by atoms with E-state index in [1.165, 1.54) is 12.3 Å². The molecule has 0 unspecified atom stereocenters. The molecule has 7 heteroatoms. The van der Waals surface area contributed by atoms with Crippen molar-refractivity contribution in [2.45, 2.75) is 32.4 Å². The van der Waals surface area contributed by atoms with E-state index in [0.717, 1.165) is 4.57 Å². The monoisotopic (exact) mass is 332 g/mol. The van der Waals surface area contributed by atoms with Crippen molar-refractivity contribution in [3.63, 3.8) is 0 Å². The predicted octanol–water partition coefficient (Wildman–Crippen LogP) is 3.62. The number of pyridine rings is 1. The SMILES string of the molecule is C/C1=C/CC[C@H](N)c2cc(ccn2)-c2c(ccn2C(F)F)NC1=O. The van der Waals surface area contributed by atoms with Crippen LogP contribution in [0.1, 0.15) is 38.1 Å². The molecular formula is C17H18F2N4O. The van der Waals surface area contributed by atoms with Crippen LogP contribution < -0.4 is 11.1 Å².